The molecule has 0 radical (unpaired) electrons. The molecule has 2 heterocycles. The number of hydrogen-bond donors (Lipinski definition) is 2. The lowest BCUT2D eigenvalue weighted by Crippen LogP contribution is -2.41. The van der Waals surface area contributed by atoms with E-state index in [1.807, 2.05) is 0 Å². The number of aromatic amines is 1. The topological polar surface area (TPSA) is 134 Å². The molecule has 0 spiro atoms. The Balaban J connectivity index is 1.82. The van der Waals surface area contributed by atoms with Gasteiger partial charge in [0, 0.05) is 18.0 Å². The Morgan fingerprint density at radius 2 is 2.07 bits per heavy atom. The van der Waals surface area contributed by atoms with Gasteiger partial charge < -0.3 is 10.3 Å². The third kappa shape index (κ3) is 3.72. The molecular formula is C17H13FN6O3. The summed E-state index contributed by atoms with van der Waals surface area (Å²) >= 11 is 0. The highest BCUT2D eigenvalue weighted by atomic mass is 19.1. The number of aromatic nitrogens is 4. The average molecular weight is 368 g/mol. The van der Waals surface area contributed by atoms with Crippen molar-refractivity contribution in [3.63, 3.8) is 0 Å². The maximum Gasteiger partial charge on any atom is 0.329 e. The van der Waals surface area contributed by atoms with Gasteiger partial charge in [-0.2, -0.15) is 5.26 Å². The number of rotatable bonds is 4. The highest BCUT2D eigenvalue weighted by molar-refractivity contribution is 5.79. The Kier molecular flexibility index (Phi) is 4.76. The molecule has 2 N–H and O–H groups in total. The summed E-state index contributed by atoms with van der Waals surface area (Å²) in [4.78, 5) is 46.8. The first-order chi connectivity index (χ1) is 12.9. The van der Waals surface area contributed by atoms with Crippen molar-refractivity contribution >= 4 is 16.8 Å². The van der Waals surface area contributed by atoms with Crippen LogP contribution in [0.1, 0.15) is 24.4 Å². The molecule has 1 aromatic carbocycles. The molecule has 1 amide bonds. The number of halogens is 1. The summed E-state index contributed by atoms with van der Waals surface area (Å²) in [5.74, 6) is -1.23. The van der Waals surface area contributed by atoms with Crippen molar-refractivity contribution in [2.75, 3.05) is 0 Å². The van der Waals surface area contributed by atoms with Gasteiger partial charge in [-0.05, 0) is 25.1 Å². The Hall–Kier alpha value is -3.87. The van der Waals surface area contributed by atoms with Gasteiger partial charge in [0.05, 0.1) is 16.9 Å². The molecule has 136 valence electrons. The minimum Gasteiger partial charge on any atom is -0.348 e. The number of carbonyl (C=O) groups excluding carboxylic acids is 1. The highest BCUT2D eigenvalue weighted by Crippen LogP contribution is 2.10. The van der Waals surface area contributed by atoms with Crippen molar-refractivity contribution in [1.29, 1.82) is 5.26 Å². The van der Waals surface area contributed by atoms with Crippen LogP contribution in [-0.2, 0) is 11.3 Å². The van der Waals surface area contributed by atoms with Gasteiger partial charge >= 0.3 is 5.69 Å². The second-order valence-electron chi connectivity index (χ2n) is 5.75. The fourth-order valence-electron chi connectivity index (χ4n) is 2.50. The van der Waals surface area contributed by atoms with Gasteiger partial charge in [0.25, 0.3) is 5.56 Å². The molecule has 0 fully saturated rings. The fourth-order valence-corrected chi connectivity index (χ4v) is 2.50. The van der Waals surface area contributed by atoms with Crippen LogP contribution < -0.4 is 16.6 Å². The van der Waals surface area contributed by atoms with E-state index in [0.717, 1.165) is 12.1 Å². The molecule has 0 aliphatic heterocycles. The van der Waals surface area contributed by atoms with Crippen molar-refractivity contribution in [3.8, 4) is 6.07 Å². The number of amides is 1. The number of nitrogens with one attached hydrogen (secondary N) is 2. The fraction of sp³-hybridized carbons (Fsp3) is 0.176. The summed E-state index contributed by atoms with van der Waals surface area (Å²) in [6.45, 7) is 1.12. The number of nitriles is 1. The molecule has 0 unspecified atom stereocenters. The van der Waals surface area contributed by atoms with E-state index in [0.29, 0.717) is 10.1 Å². The van der Waals surface area contributed by atoms with Crippen molar-refractivity contribution < 1.29 is 9.18 Å². The van der Waals surface area contributed by atoms with E-state index >= 15 is 0 Å². The van der Waals surface area contributed by atoms with E-state index in [2.05, 4.69) is 20.3 Å². The van der Waals surface area contributed by atoms with E-state index in [1.165, 1.54) is 18.5 Å². The zero-order valence-corrected chi connectivity index (χ0v) is 14.1. The summed E-state index contributed by atoms with van der Waals surface area (Å²) < 4.78 is 14.1. The second kappa shape index (κ2) is 7.17. The summed E-state index contributed by atoms with van der Waals surface area (Å²) in [7, 11) is 0. The number of benzene rings is 1. The molecule has 0 aliphatic carbocycles. The first-order valence-corrected chi connectivity index (χ1v) is 7.83. The maximum atomic E-state index is 13.4. The largest absolute Gasteiger partial charge is 0.348 e. The van der Waals surface area contributed by atoms with Gasteiger partial charge in [0.2, 0.25) is 11.7 Å². The number of hydrogen-bond acceptors (Lipinski definition) is 6. The number of fused-ring (bicyclic) bond motifs is 1. The second-order valence-corrected chi connectivity index (χ2v) is 5.75. The van der Waals surface area contributed by atoms with E-state index < -0.39 is 35.6 Å². The third-order valence-corrected chi connectivity index (χ3v) is 3.89. The lowest BCUT2D eigenvalue weighted by molar-refractivity contribution is -0.122. The van der Waals surface area contributed by atoms with Gasteiger partial charge in [-0.15, -0.1) is 0 Å². The molecule has 1 atom stereocenters. The lowest BCUT2D eigenvalue weighted by atomic mass is 10.2. The standard InChI is InChI=1S/C17H13FN6O3/c1-9(10-6-20-14(5-19)21-7-10)22-15(25)8-24-16(26)12-4-11(18)2-3-13(12)23-17(24)27/h2-4,6-7,9H,8H2,1H3,(H,22,25)(H,23,27)/t9-/m1/s1. The normalized spacial score (nSPS) is 11.7. The van der Waals surface area contributed by atoms with Crippen LogP contribution in [0.15, 0.2) is 40.2 Å². The molecule has 0 bridgehead atoms. The highest BCUT2D eigenvalue weighted by Gasteiger charge is 2.15. The molecular weight excluding hydrogens is 355 g/mol. The Labute approximate surface area is 151 Å². The zero-order chi connectivity index (χ0) is 19.6. The van der Waals surface area contributed by atoms with Crippen molar-refractivity contribution in [2.24, 2.45) is 0 Å². The number of carbonyl (C=O) groups is 1. The van der Waals surface area contributed by atoms with Crippen LogP contribution in [0, 0.1) is 17.1 Å². The van der Waals surface area contributed by atoms with Crippen LogP contribution in [0.5, 0.6) is 0 Å². The van der Waals surface area contributed by atoms with Crippen LogP contribution in [0.25, 0.3) is 10.9 Å². The number of H-pyrrole nitrogens is 1. The van der Waals surface area contributed by atoms with Gasteiger partial charge in [0.1, 0.15) is 18.4 Å². The molecule has 0 saturated carbocycles. The molecule has 9 nitrogen and oxygen atoms in total. The molecule has 27 heavy (non-hydrogen) atoms. The van der Waals surface area contributed by atoms with Crippen molar-refractivity contribution in [1.82, 2.24) is 24.8 Å². The Bertz CT molecular complexity index is 1180. The minimum absolute atomic E-state index is 0.00115. The minimum atomic E-state index is -0.774. The molecule has 0 saturated heterocycles. The third-order valence-electron chi connectivity index (χ3n) is 3.89. The molecule has 2 aromatic heterocycles. The van der Waals surface area contributed by atoms with E-state index in [9.17, 15) is 18.8 Å². The monoisotopic (exact) mass is 368 g/mol. The van der Waals surface area contributed by atoms with Gasteiger partial charge in [-0.1, -0.05) is 0 Å². The summed E-state index contributed by atoms with van der Waals surface area (Å²) in [5.41, 5.74) is -0.809. The predicted molar refractivity (Wildman–Crippen MR) is 92.1 cm³/mol. The summed E-state index contributed by atoms with van der Waals surface area (Å²) in [5, 5.41) is 11.3. The van der Waals surface area contributed by atoms with Crippen LogP contribution in [0.3, 0.4) is 0 Å². The molecule has 10 heteroatoms. The SMILES string of the molecule is C[C@@H](NC(=O)Cn1c(=O)[nH]c2ccc(F)cc2c1=O)c1cnc(C#N)nc1. The van der Waals surface area contributed by atoms with E-state index in [-0.39, 0.29) is 16.7 Å². The molecule has 3 aromatic rings. The Morgan fingerprint density at radius 3 is 2.74 bits per heavy atom. The predicted octanol–water partition coefficient (Wildman–Crippen LogP) is 0.368. The van der Waals surface area contributed by atoms with Crippen LogP contribution >= 0.6 is 0 Å². The van der Waals surface area contributed by atoms with E-state index in [4.69, 9.17) is 5.26 Å². The van der Waals surface area contributed by atoms with E-state index in [1.54, 1.807) is 13.0 Å². The first-order valence-electron chi connectivity index (χ1n) is 7.83. The zero-order valence-electron chi connectivity index (χ0n) is 14.1. The smallest absolute Gasteiger partial charge is 0.329 e. The molecule has 0 aliphatic rings. The van der Waals surface area contributed by atoms with Crippen LogP contribution in [0.4, 0.5) is 4.39 Å². The first kappa shape index (κ1) is 17.9. The van der Waals surface area contributed by atoms with Crippen LogP contribution in [-0.4, -0.2) is 25.4 Å². The Morgan fingerprint density at radius 1 is 1.37 bits per heavy atom. The summed E-state index contributed by atoms with van der Waals surface area (Å²) in [6, 6.07) is 4.67. The number of nitrogens with zero attached hydrogens (tertiary/aromatic N) is 4. The summed E-state index contributed by atoms with van der Waals surface area (Å²) in [6.07, 6.45) is 2.79. The van der Waals surface area contributed by atoms with Crippen LogP contribution in [0.2, 0.25) is 0 Å². The average Bonchev–Trinajstić information content (AvgIpc) is 2.66. The molecule has 3 rings (SSSR count). The van der Waals surface area contributed by atoms with Crippen molar-refractivity contribution in [3.05, 3.63) is 68.6 Å². The lowest BCUT2D eigenvalue weighted by Gasteiger charge is -2.14. The van der Waals surface area contributed by atoms with Crippen molar-refractivity contribution in [2.45, 2.75) is 19.5 Å². The maximum absolute atomic E-state index is 13.4. The quantitative estimate of drug-likeness (QED) is 0.683. The van der Waals surface area contributed by atoms with Gasteiger partial charge in [-0.3, -0.25) is 14.2 Å². The van der Waals surface area contributed by atoms with Gasteiger partial charge in [0.15, 0.2) is 0 Å². The van der Waals surface area contributed by atoms with Gasteiger partial charge in [-0.25, -0.2) is 19.2 Å².